The van der Waals surface area contributed by atoms with E-state index in [0.29, 0.717) is 11.3 Å². The molecule has 0 atom stereocenters. The molecule has 0 spiro atoms. The molecule has 20 heavy (non-hydrogen) atoms. The minimum Gasteiger partial charge on any atom is -0.481 e. The van der Waals surface area contributed by atoms with Crippen molar-refractivity contribution in [2.75, 3.05) is 0 Å². The quantitative estimate of drug-likeness (QED) is 0.860. The van der Waals surface area contributed by atoms with Crippen molar-refractivity contribution in [2.24, 2.45) is 5.73 Å². The predicted molar refractivity (Wildman–Crippen MR) is 70.6 cm³/mol. The monoisotopic (exact) mass is 272 g/mol. The van der Waals surface area contributed by atoms with Crippen LogP contribution in [0.25, 0.3) is 0 Å². The highest BCUT2D eigenvalue weighted by molar-refractivity contribution is 5.92. The number of hydrogen-bond acceptors (Lipinski definition) is 4. The summed E-state index contributed by atoms with van der Waals surface area (Å²) in [6.07, 6.45) is 1.16. The molecule has 6 heteroatoms. The molecule has 0 aliphatic rings. The first-order chi connectivity index (χ1) is 9.56. The van der Waals surface area contributed by atoms with Gasteiger partial charge in [-0.2, -0.15) is 0 Å². The van der Waals surface area contributed by atoms with Gasteiger partial charge in [0.1, 0.15) is 5.75 Å². The molecule has 0 aliphatic heterocycles. The number of carboxylic acids is 1. The molecule has 6 nitrogen and oxygen atoms in total. The van der Waals surface area contributed by atoms with Crippen LogP contribution >= 0.6 is 0 Å². The molecule has 2 aromatic rings. The molecule has 0 radical (unpaired) electrons. The summed E-state index contributed by atoms with van der Waals surface area (Å²) in [7, 11) is 0. The van der Waals surface area contributed by atoms with Gasteiger partial charge >= 0.3 is 5.97 Å². The number of pyridine rings is 1. The average molecular weight is 272 g/mol. The molecule has 1 aromatic heterocycles. The number of nitrogens with zero attached hydrogens (tertiary/aromatic N) is 1. The van der Waals surface area contributed by atoms with Gasteiger partial charge in [0.05, 0.1) is 12.0 Å². The number of benzene rings is 1. The summed E-state index contributed by atoms with van der Waals surface area (Å²) in [5, 5.41) is 8.83. The number of amides is 1. The number of carbonyl (C=O) groups is 2. The van der Waals surface area contributed by atoms with Gasteiger partial charge in [0.2, 0.25) is 11.8 Å². The van der Waals surface area contributed by atoms with Crippen molar-refractivity contribution in [2.45, 2.75) is 6.42 Å². The second-order valence-electron chi connectivity index (χ2n) is 4.03. The number of nitrogens with two attached hydrogens (primary N) is 1. The van der Waals surface area contributed by atoms with Crippen LogP contribution in [0.1, 0.15) is 15.9 Å². The second kappa shape index (κ2) is 5.83. The fraction of sp³-hybridized carbons (Fsp3) is 0.0714. The number of rotatable bonds is 5. The Labute approximate surface area is 114 Å². The molecule has 0 fully saturated rings. The molecule has 3 N–H and O–H groups in total. The molecule has 1 heterocycles. The minimum absolute atomic E-state index is 0.143. The fourth-order valence-corrected chi connectivity index (χ4v) is 1.61. The second-order valence-corrected chi connectivity index (χ2v) is 4.03. The van der Waals surface area contributed by atoms with Gasteiger partial charge < -0.3 is 15.6 Å². The Morgan fingerprint density at radius 3 is 2.55 bits per heavy atom. The molecule has 0 bridgehead atoms. The number of carboxylic acid groups (broad SMARTS) is 1. The number of aromatic nitrogens is 1. The maximum Gasteiger partial charge on any atom is 0.307 e. The first-order valence-corrected chi connectivity index (χ1v) is 5.79. The van der Waals surface area contributed by atoms with E-state index in [4.69, 9.17) is 15.6 Å². The van der Waals surface area contributed by atoms with E-state index in [2.05, 4.69) is 4.98 Å². The van der Waals surface area contributed by atoms with Gasteiger partial charge in [0.15, 0.2) is 0 Å². The maximum atomic E-state index is 10.9. The van der Waals surface area contributed by atoms with Gasteiger partial charge in [-0.3, -0.25) is 9.59 Å². The predicted octanol–water partition coefficient (Wildman–Crippen LogP) is 1.60. The van der Waals surface area contributed by atoms with Crippen LogP contribution in [0.15, 0.2) is 42.6 Å². The Bertz CT molecular complexity index is 638. The van der Waals surface area contributed by atoms with Gasteiger partial charge in [-0.25, -0.2) is 4.98 Å². The first kappa shape index (κ1) is 13.5. The summed E-state index contributed by atoms with van der Waals surface area (Å²) in [6.45, 7) is 0. The van der Waals surface area contributed by atoms with Crippen molar-refractivity contribution in [3.63, 3.8) is 0 Å². The molecule has 0 aliphatic carbocycles. The van der Waals surface area contributed by atoms with Gasteiger partial charge in [-0.05, 0) is 12.1 Å². The molecule has 102 valence electrons. The SMILES string of the molecule is NC(=O)c1ccc(Oc2ccccc2CC(=O)O)nc1. The third kappa shape index (κ3) is 3.32. The van der Waals surface area contributed by atoms with Crippen molar-refractivity contribution in [3.8, 4) is 11.6 Å². The average Bonchev–Trinajstić information content (AvgIpc) is 2.41. The van der Waals surface area contributed by atoms with Crippen LogP contribution in [0, 0.1) is 0 Å². The van der Waals surface area contributed by atoms with E-state index in [1.54, 1.807) is 24.3 Å². The summed E-state index contributed by atoms with van der Waals surface area (Å²) in [5.41, 5.74) is 5.93. The highest BCUT2D eigenvalue weighted by Crippen LogP contribution is 2.24. The van der Waals surface area contributed by atoms with Gasteiger partial charge in [-0.1, -0.05) is 18.2 Å². The Morgan fingerprint density at radius 2 is 1.95 bits per heavy atom. The number of aliphatic carboxylic acids is 1. The number of primary amides is 1. The topological polar surface area (TPSA) is 103 Å². The van der Waals surface area contributed by atoms with Crippen molar-refractivity contribution < 1.29 is 19.4 Å². The van der Waals surface area contributed by atoms with Gasteiger partial charge in [0, 0.05) is 17.8 Å². The Kier molecular flexibility index (Phi) is 3.95. The van der Waals surface area contributed by atoms with E-state index in [1.165, 1.54) is 18.3 Å². The Hall–Kier alpha value is -2.89. The highest BCUT2D eigenvalue weighted by Gasteiger charge is 2.09. The zero-order valence-corrected chi connectivity index (χ0v) is 10.4. The third-order valence-corrected chi connectivity index (χ3v) is 2.55. The molecule has 1 aromatic carbocycles. The largest absolute Gasteiger partial charge is 0.481 e. The lowest BCUT2D eigenvalue weighted by Crippen LogP contribution is -2.11. The molecule has 0 unspecified atom stereocenters. The van der Waals surface area contributed by atoms with Crippen LogP contribution in [0.5, 0.6) is 11.6 Å². The first-order valence-electron chi connectivity index (χ1n) is 5.79. The molecular weight excluding hydrogens is 260 g/mol. The summed E-state index contributed by atoms with van der Waals surface area (Å²) >= 11 is 0. The third-order valence-electron chi connectivity index (χ3n) is 2.55. The lowest BCUT2D eigenvalue weighted by Gasteiger charge is -2.09. The van der Waals surface area contributed by atoms with Crippen molar-refractivity contribution in [3.05, 3.63) is 53.7 Å². The summed E-state index contributed by atoms with van der Waals surface area (Å²) in [4.78, 5) is 25.6. The standard InChI is InChI=1S/C14H12N2O4/c15-14(19)10-5-6-12(16-8-10)20-11-4-2-1-3-9(11)7-13(17)18/h1-6,8H,7H2,(H2,15,19)(H,17,18). The maximum absolute atomic E-state index is 10.9. The summed E-state index contributed by atoms with van der Waals surface area (Å²) < 4.78 is 5.52. The molecular formula is C14H12N2O4. The van der Waals surface area contributed by atoms with Gasteiger partial charge in [-0.15, -0.1) is 0 Å². The highest BCUT2D eigenvalue weighted by atomic mass is 16.5. The van der Waals surface area contributed by atoms with E-state index in [1.807, 2.05) is 0 Å². The minimum atomic E-state index is -0.946. The molecule has 0 saturated carbocycles. The van der Waals surface area contributed by atoms with Crippen LogP contribution in [-0.4, -0.2) is 22.0 Å². The number of hydrogen-bond donors (Lipinski definition) is 2. The zero-order valence-electron chi connectivity index (χ0n) is 10.4. The van der Waals surface area contributed by atoms with Crippen molar-refractivity contribution in [1.82, 2.24) is 4.98 Å². The van der Waals surface area contributed by atoms with Crippen LogP contribution in [0.2, 0.25) is 0 Å². The number of carbonyl (C=O) groups excluding carboxylic acids is 1. The van der Waals surface area contributed by atoms with E-state index in [0.717, 1.165) is 0 Å². The smallest absolute Gasteiger partial charge is 0.307 e. The Morgan fingerprint density at radius 1 is 1.20 bits per heavy atom. The van der Waals surface area contributed by atoms with Crippen LogP contribution in [0.3, 0.4) is 0 Å². The molecule has 2 rings (SSSR count). The van der Waals surface area contributed by atoms with E-state index < -0.39 is 11.9 Å². The van der Waals surface area contributed by atoms with Crippen LogP contribution in [-0.2, 0) is 11.2 Å². The van der Waals surface area contributed by atoms with E-state index in [-0.39, 0.29) is 17.9 Å². The van der Waals surface area contributed by atoms with Crippen LogP contribution in [0.4, 0.5) is 0 Å². The number of ether oxygens (including phenoxy) is 1. The number of para-hydroxylation sites is 1. The van der Waals surface area contributed by atoms with E-state index >= 15 is 0 Å². The van der Waals surface area contributed by atoms with E-state index in [9.17, 15) is 9.59 Å². The lowest BCUT2D eigenvalue weighted by atomic mass is 10.1. The summed E-state index contributed by atoms with van der Waals surface area (Å²) in [5.74, 6) is -0.851. The lowest BCUT2D eigenvalue weighted by molar-refractivity contribution is -0.136. The molecule has 0 saturated heterocycles. The normalized spacial score (nSPS) is 10.0. The van der Waals surface area contributed by atoms with Crippen LogP contribution < -0.4 is 10.5 Å². The van der Waals surface area contributed by atoms with Crippen molar-refractivity contribution >= 4 is 11.9 Å². The van der Waals surface area contributed by atoms with Crippen molar-refractivity contribution in [1.29, 1.82) is 0 Å². The summed E-state index contributed by atoms with van der Waals surface area (Å²) in [6, 6.07) is 9.78. The van der Waals surface area contributed by atoms with Gasteiger partial charge in [0.25, 0.3) is 0 Å². The Balaban J connectivity index is 2.21. The zero-order chi connectivity index (χ0) is 14.5. The fourth-order valence-electron chi connectivity index (χ4n) is 1.61. The molecule has 1 amide bonds.